The molecule has 1 rings (SSSR count). The largest absolute Gasteiger partial charge is 0.545 e. The van der Waals surface area contributed by atoms with Crippen LogP contribution in [0.3, 0.4) is 0 Å². The molecule has 0 fully saturated rings. The number of carboxylic acid groups (broad SMARTS) is 1. The van der Waals surface area contributed by atoms with E-state index in [1.165, 1.54) is 12.1 Å². The molecule has 0 bridgehead atoms. The Morgan fingerprint density at radius 1 is 1.55 bits per heavy atom. The van der Waals surface area contributed by atoms with E-state index in [4.69, 9.17) is 11.6 Å². The third kappa shape index (κ3) is 1.94. The Labute approximate surface area is 76.9 Å². The average Bonchev–Trinajstić information content (AvgIpc) is 1.85. The molecule has 11 heavy (non-hydrogen) atoms. The topological polar surface area (TPSA) is 40.1 Å². The fourth-order valence-electron chi connectivity index (χ4n) is 0.655. The smallest absolute Gasteiger partial charge is 0.0730 e. The minimum atomic E-state index is -1.26. The second-order valence-electron chi connectivity index (χ2n) is 1.91. The zero-order chi connectivity index (χ0) is 8.43. The number of carbonyl (C=O) groups excluding carboxylic acids is 1. The molecule has 58 valence electrons. The molecule has 1 aromatic rings. The summed E-state index contributed by atoms with van der Waals surface area (Å²) in [7, 11) is 0. The van der Waals surface area contributed by atoms with Gasteiger partial charge in [-0.3, -0.25) is 0 Å². The van der Waals surface area contributed by atoms with Crippen LogP contribution in [0, 0.1) is 0 Å². The second-order valence-corrected chi connectivity index (χ2v) is 3.23. The Kier molecular flexibility index (Phi) is 2.52. The van der Waals surface area contributed by atoms with Crippen LogP contribution in [-0.2, 0) is 0 Å². The van der Waals surface area contributed by atoms with Crippen LogP contribution in [-0.4, -0.2) is 5.97 Å². The van der Waals surface area contributed by atoms with Crippen molar-refractivity contribution in [1.82, 2.24) is 0 Å². The van der Waals surface area contributed by atoms with Crippen molar-refractivity contribution in [3.05, 3.63) is 33.3 Å². The molecule has 0 unspecified atom stereocenters. The number of halogens is 2. The van der Waals surface area contributed by atoms with Gasteiger partial charge in [0.1, 0.15) is 0 Å². The van der Waals surface area contributed by atoms with Gasteiger partial charge in [0, 0.05) is 10.0 Å². The van der Waals surface area contributed by atoms with Gasteiger partial charge in [-0.05, 0) is 12.1 Å². The lowest BCUT2D eigenvalue weighted by Crippen LogP contribution is -2.22. The maximum atomic E-state index is 10.3. The highest BCUT2D eigenvalue weighted by molar-refractivity contribution is 9.10. The highest BCUT2D eigenvalue weighted by Crippen LogP contribution is 2.20. The molecule has 4 heteroatoms. The van der Waals surface area contributed by atoms with E-state index in [1.54, 1.807) is 6.07 Å². The van der Waals surface area contributed by atoms with Gasteiger partial charge in [0.25, 0.3) is 0 Å². The standard InChI is InChI=1S/C7H4BrClO2/c8-4-1-2-5(7(10)11)6(9)3-4/h1-3H,(H,10,11)/p-1. The van der Waals surface area contributed by atoms with E-state index in [2.05, 4.69) is 15.9 Å². The fourth-order valence-corrected chi connectivity index (χ4v) is 1.41. The molecule has 0 saturated heterocycles. The van der Waals surface area contributed by atoms with Crippen molar-refractivity contribution in [2.24, 2.45) is 0 Å². The average molecular weight is 234 g/mol. The first-order valence-electron chi connectivity index (χ1n) is 2.77. The molecule has 0 aromatic heterocycles. The van der Waals surface area contributed by atoms with Gasteiger partial charge >= 0.3 is 0 Å². The molecule has 0 N–H and O–H groups in total. The van der Waals surface area contributed by atoms with Crippen LogP contribution in [0.2, 0.25) is 5.02 Å². The van der Waals surface area contributed by atoms with Crippen molar-refractivity contribution in [1.29, 1.82) is 0 Å². The predicted octanol–water partition coefficient (Wildman–Crippen LogP) is 1.47. The summed E-state index contributed by atoms with van der Waals surface area (Å²) < 4.78 is 0.743. The Hall–Kier alpha value is -0.540. The van der Waals surface area contributed by atoms with Crippen LogP contribution in [0.5, 0.6) is 0 Å². The van der Waals surface area contributed by atoms with Gasteiger partial charge in [-0.1, -0.05) is 33.6 Å². The van der Waals surface area contributed by atoms with Gasteiger partial charge in [0.15, 0.2) is 0 Å². The van der Waals surface area contributed by atoms with E-state index in [1.807, 2.05) is 0 Å². The van der Waals surface area contributed by atoms with Crippen LogP contribution in [0.15, 0.2) is 22.7 Å². The molecule has 0 amide bonds. The summed E-state index contributed by atoms with van der Waals surface area (Å²) in [6.07, 6.45) is 0. The van der Waals surface area contributed by atoms with Gasteiger partial charge < -0.3 is 9.90 Å². The molecule has 1 aromatic carbocycles. The quantitative estimate of drug-likeness (QED) is 0.738. The molecule has 0 aliphatic heterocycles. The summed E-state index contributed by atoms with van der Waals surface area (Å²) in [6, 6.07) is 4.49. The van der Waals surface area contributed by atoms with Gasteiger partial charge in [0.2, 0.25) is 0 Å². The van der Waals surface area contributed by atoms with Gasteiger partial charge in [-0.15, -0.1) is 0 Å². The lowest BCUT2D eigenvalue weighted by molar-refractivity contribution is -0.255. The van der Waals surface area contributed by atoms with Crippen LogP contribution in [0.1, 0.15) is 10.4 Å². The summed E-state index contributed by atoms with van der Waals surface area (Å²) in [4.78, 5) is 10.3. The van der Waals surface area contributed by atoms with Gasteiger partial charge in [-0.2, -0.15) is 0 Å². The highest BCUT2D eigenvalue weighted by Gasteiger charge is 2.00. The first-order valence-corrected chi connectivity index (χ1v) is 3.95. The van der Waals surface area contributed by atoms with Crippen molar-refractivity contribution < 1.29 is 9.90 Å². The zero-order valence-corrected chi connectivity index (χ0v) is 7.65. The van der Waals surface area contributed by atoms with Crippen molar-refractivity contribution in [2.45, 2.75) is 0 Å². The molecular formula is C7H3BrClO2-. The van der Waals surface area contributed by atoms with Crippen molar-refractivity contribution in [3.63, 3.8) is 0 Å². The number of benzene rings is 1. The minimum Gasteiger partial charge on any atom is -0.545 e. The van der Waals surface area contributed by atoms with E-state index in [0.717, 1.165) is 4.47 Å². The zero-order valence-electron chi connectivity index (χ0n) is 5.30. The Balaban J connectivity index is 3.20. The molecule has 0 aliphatic carbocycles. The van der Waals surface area contributed by atoms with Crippen LogP contribution in [0.25, 0.3) is 0 Å². The van der Waals surface area contributed by atoms with Crippen molar-refractivity contribution in [2.75, 3.05) is 0 Å². The lowest BCUT2D eigenvalue weighted by atomic mass is 10.2. The van der Waals surface area contributed by atoms with Crippen molar-refractivity contribution in [3.8, 4) is 0 Å². The molecule has 2 nitrogen and oxygen atoms in total. The van der Waals surface area contributed by atoms with E-state index in [9.17, 15) is 9.90 Å². The fraction of sp³-hybridized carbons (Fsp3) is 0. The first kappa shape index (κ1) is 8.56. The molecule has 0 saturated carbocycles. The van der Waals surface area contributed by atoms with Crippen LogP contribution >= 0.6 is 27.5 Å². The van der Waals surface area contributed by atoms with E-state index in [0.29, 0.717) is 0 Å². The molecule has 0 atom stereocenters. The molecule has 0 heterocycles. The second kappa shape index (κ2) is 3.24. The number of aromatic carboxylic acids is 1. The summed E-state index contributed by atoms with van der Waals surface area (Å²) in [5.74, 6) is -1.26. The van der Waals surface area contributed by atoms with Crippen LogP contribution < -0.4 is 5.11 Å². The molecular weight excluding hydrogens is 231 g/mol. The number of hydrogen-bond donors (Lipinski definition) is 0. The number of rotatable bonds is 1. The maximum Gasteiger partial charge on any atom is 0.0730 e. The Morgan fingerprint density at radius 2 is 2.18 bits per heavy atom. The Morgan fingerprint density at radius 3 is 2.64 bits per heavy atom. The molecule has 0 aliphatic rings. The highest BCUT2D eigenvalue weighted by atomic mass is 79.9. The maximum absolute atomic E-state index is 10.3. The van der Waals surface area contributed by atoms with E-state index in [-0.39, 0.29) is 10.6 Å². The summed E-state index contributed by atoms with van der Waals surface area (Å²) in [5, 5.41) is 10.5. The Bertz CT molecular complexity index is 298. The number of carboxylic acids is 1. The molecule has 0 radical (unpaired) electrons. The number of hydrogen-bond acceptors (Lipinski definition) is 2. The van der Waals surface area contributed by atoms with E-state index >= 15 is 0 Å². The monoisotopic (exact) mass is 233 g/mol. The lowest BCUT2D eigenvalue weighted by Gasteiger charge is -2.03. The third-order valence-corrected chi connectivity index (χ3v) is 1.96. The summed E-state index contributed by atoms with van der Waals surface area (Å²) >= 11 is 8.72. The van der Waals surface area contributed by atoms with Crippen molar-refractivity contribution >= 4 is 33.5 Å². The predicted molar refractivity (Wildman–Crippen MR) is 43.5 cm³/mol. The van der Waals surface area contributed by atoms with Gasteiger partial charge in [-0.25, -0.2) is 0 Å². The normalized spacial score (nSPS) is 9.64. The minimum absolute atomic E-state index is 0.00914. The third-order valence-electron chi connectivity index (χ3n) is 1.15. The molecule has 0 spiro atoms. The summed E-state index contributed by atoms with van der Waals surface area (Å²) in [6.45, 7) is 0. The SMILES string of the molecule is O=C([O-])c1ccc(Br)cc1Cl. The first-order chi connectivity index (χ1) is 5.11. The van der Waals surface area contributed by atoms with Crippen LogP contribution in [0.4, 0.5) is 0 Å². The van der Waals surface area contributed by atoms with E-state index < -0.39 is 5.97 Å². The number of carbonyl (C=O) groups is 1. The van der Waals surface area contributed by atoms with Gasteiger partial charge in [0.05, 0.1) is 11.0 Å². The summed E-state index contributed by atoms with van der Waals surface area (Å²) in [5.41, 5.74) is 0.00914.